The van der Waals surface area contributed by atoms with E-state index in [1.807, 2.05) is 0 Å². The average Bonchev–Trinajstić information content (AvgIpc) is 3.41. The van der Waals surface area contributed by atoms with Crippen LogP contribution in [0.15, 0.2) is 18.2 Å². The number of halogens is 2. The van der Waals surface area contributed by atoms with Crippen LogP contribution in [0.3, 0.4) is 0 Å². The summed E-state index contributed by atoms with van der Waals surface area (Å²) in [7, 11) is 0. The number of amides is 1. The standard InChI is InChI=1S/C21H28F2N2O2/c22-17-12-25(13-17)21(26)10-16-1-2-18(11-20(16)23)27-8-5-15-9-19(15)14-3-6-24-7-4-14/h1-2,11,14-15,17,19,24H,3-10,12-13H2. The molecular formula is C21H28F2N2O2. The molecule has 1 aromatic rings. The maximum Gasteiger partial charge on any atom is 0.227 e. The van der Waals surface area contributed by atoms with Crippen molar-refractivity contribution in [1.29, 1.82) is 0 Å². The van der Waals surface area contributed by atoms with Gasteiger partial charge in [-0.1, -0.05) is 6.07 Å². The number of hydrogen-bond donors (Lipinski definition) is 1. The van der Waals surface area contributed by atoms with Crippen molar-refractivity contribution in [3.63, 3.8) is 0 Å². The zero-order chi connectivity index (χ0) is 18.8. The third kappa shape index (κ3) is 4.60. The molecule has 4 nitrogen and oxygen atoms in total. The van der Waals surface area contributed by atoms with Crippen LogP contribution in [0.1, 0.15) is 31.2 Å². The van der Waals surface area contributed by atoms with Crippen molar-refractivity contribution in [2.75, 3.05) is 32.8 Å². The van der Waals surface area contributed by atoms with E-state index in [-0.39, 0.29) is 25.4 Å². The summed E-state index contributed by atoms with van der Waals surface area (Å²) in [5, 5.41) is 3.41. The molecule has 1 aromatic carbocycles. The van der Waals surface area contributed by atoms with E-state index in [1.165, 1.54) is 30.2 Å². The minimum Gasteiger partial charge on any atom is -0.493 e. The van der Waals surface area contributed by atoms with Crippen molar-refractivity contribution < 1.29 is 18.3 Å². The number of likely N-dealkylation sites (tertiary alicyclic amines) is 1. The van der Waals surface area contributed by atoms with Crippen molar-refractivity contribution in [3.8, 4) is 5.75 Å². The van der Waals surface area contributed by atoms with Crippen molar-refractivity contribution >= 4 is 5.91 Å². The quantitative estimate of drug-likeness (QED) is 0.793. The fraction of sp³-hybridized carbons (Fsp3) is 0.667. The summed E-state index contributed by atoms with van der Waals surface area (Å²) in [6, 6.07) is 4.68. The Labute approximate surface area is 159 Å². The lowest BCUT2D eigenvalue weighted by molar-refractivity contribution is -0.137. The number of alkyl halides is 1. The molecule has 1 N–H and O–H groups in total. The molecule has 4 rings (SSSR count). The first-order valence-electron chi connectivity index (χ1n) is 10.1. The van der Waals surface area contributed by atoms with Crippen LogP contribution in [0.4, 0.5) is 8.78 Å². The Morgan fingerprint density at radius 1 is 1.26 bits per heavy atom. The van der Waals surface area contributed by atoms with Gasteiger partial charge in [-0.15, -0.1) is 0 Å². The second-order valence-corrected chi connectivity index (χ2v) is 8.21. The second kappa shape index (κ2) is 8.13. The molecule has 1 saturated carbocycles. The highest BCUT2D eigenvalue weighted by Gasteiger charge is 2.42. The van der Waals surface area contributed by atoms with E-state index in [2.05, 4.69) is 5.32 Å². The zero-order valence-corrected chi connectivity index (χ0v) is 15.6. The number of carbonyl (C=O) groups is 1. The van der Waals surface area contributed by atoms with Crippen LogP contribution in [-0.4, -0.2) is 49.8 Å². The maximum absolute atomic E-state index is 14.2. The first kappa shape index (κ1) is 18.7. The van der Waals surface area contributed by atoms with E-state index in [4.69, 9.17) is 4.74 Å². The van der Waals surface area contributed by atoms with E-state index in [0.717, 1.165) is 37.3 Å². The van der Waals surface area contributed by atoms with Gasteiger partial charge < -0.3 is 15.0 Å². The number of piperidine rings is 1. The van der Waals surface area contributed by atoms with Gasteiger partial charge >= 0.3 is 0 Å². The van der Waals surface area contributed by atoms with Crippen LogP contribution in [0.2, 0.25) is 0 Å². The van der Waals surface area contributed by atoms with Crippen LogP contribution in [0, 0.1) is 23.6 Å². The normalized spacial score (nSPS) is 25.9. The Kier molecular flexibility index (Phi) is 5.62. The van der Waals surface area contributed by atoms with Gasteiger partial charge in [0.25, 0.3) is 0 Å². The third-order valence-electron chi connectivity index (χ3n) is 6.28. The Hall–Kier alpha value is -1.69. The smallest absolute Gasteiger partial charge is 0.227 e. The number of rotatable bonds is 7. The van der Waals surface area contributed by atoms with Gasteiger partial charge in [0, 0.05) is 6.07 Å². The van der Waals surface area contributed by atoms with Crippen molar-refractivity contribution in [1.82, 2.24) is 10.2 Å². The predicted octanol–water partition coefficient (Wildman–Crippen LogP) is 2.95. The van der Waals surface area contributed by atoms with Crippen molar-refractivity contribution in [2.24, 2.45) is 17.8 Å². The molecule has 3 aliphatic rings. The second-order valence-electron chi connectivity index (χ2n) is 8.21. The molecule has 6 heteroatoms. The van der Waals surface area contributed by atoms with E-state index < -0.39 is 12.0 Å². The lowest BCUT2D eigenvalue weighted by Gasteiger charge is -2.34. The van der Waals surface area contributed by atoms with Gasteiger partial charge in [0.2, 0.25) is 5.91 Å². The molecule has 1 amide bonds. The largest absolute Gasteiger partial charge is 0.493 e. The van der Waals surface area contributed by atoms with E-state index >= 15 is 0 Å². The van der Waals surface area contributed by atoms with E-state index in [0.29, 0.717) is 17.9 Å². The summed E-state index contributed by atoms with van der Waals surface area (Å²) in [5.74, 6) is 2.32. The predicted molar refractivity (Wildman–Crippen MR) is 98.9 cm³/mol. The molecule has 0 radical (unpaired) electrons. The number of nitrogens with one attached hydrogen (secondary N) is 1. The summed E-state index contributed by atoms with van der Waals surface area (Å²) < 4.78 is 32.8. The topological polar surface area (TPSA) is 41.6 Å². The van der Waals surface area contributed by atoms with Crippen LogP contribution >= 0.6 is 0 Å². The summed E-state index contributed by atoms with van der Waals surface area (Å²) >= 11 is 0. The van der Waals surface area contributed by atoms with Crippen molar-refractivity contribution in [3.05, 3.63) is 29.6 Å². The monoisotopic (exact) mass is 378 g/mol. The fourth-order valence-electron chi connectivity index (χ4n) is 4.45. The van der Waals surface area contributed by atoms with E-state index in [9.17, 15) is 13.6 Å². The molecule has 3 fully saturated rings. The number of carbonyl (C=O) groups excluding carboxylic acids is 1. The molecular weight excluding hydrogens is 350 g/mol. The summed E-state index contributed by atoms with van der Waals surface area (Å²) in [6.07, 6.45) is 3.94. The molecule has 2 saturated heterocycles. The molecule has 2 unspecified atom stereocenters. The Morgan fingerprint density at radius 2 is 2.04 bits per heavy atom. The Bertz CT molecular complexity index is 672. The van der Waals surface area contributed by atoms with Crippen LogP contribution in [0.5, 0.6) is 5.75 Å². The molecule has 0 aromatic heterocycles. The summed E-state index contributed by atoms with van der Waals surface area (Å²) in [5.41, 5.74) is 0.336. The molecule has 0 spiro atoms. The highest BCUT2D eigenvalue weighted by molar-refractivity contribution is 5.79. The maximum atomic E-state index is 14.2. The average molecular weight is 378 g/mol. The van der Waals surface area contributed by atoms with Crippen LogP contribution in [-0.2, 0) is 11.2 Å². The van der Waals surface area contributed by atoms with Crippen LogP contribution in [0.25, 0.3) is 0 Å². The van der Waals surface area contributed by atoms with Crippen LogP contribution < -0.4 is 10.1 Å². The fourth-order valence-corrected chi connectivity index (χ4v) is 4.45. The molecule has 2 heterocycles. The lowest BCUT2D eigenvalue weighted by atomic mass is 9.91. The number of benzene rings is 1. The Balaban J connectivity index is 1.20. The Morgan fingerprint density at radius 3 is 2.74 bits per heavy atom. The number of ether oxygens (including phenoxy) is 1. The van der Waals surface area contributed by atoms with Crippen molar-refractivity contribution in [2.45, 2.75) is 38.3 Å². The van der Waals surface area contributed by atoms with Gasteiger partial charge in [-0.05, 0) is 68.2 Å². The first-order valence-corrected chi connectivity index (χ1v) is 10.1. The third-order valence-corrected chi connectivity index (χ3v) is 6.28. The molecule has 0 bridgehead atoms. The minimum atomic E-state index is -0.935. The molecule has 2 aliphatic heterocycles. The van der Waals surface area contributed by atoms with Gasteiger partial charge in [-0.25, -0.2) is 8.78 Å². The zero-order valence-electron chi connectivity index (χ0n) is 15.6. The highest BCUT2D eigenvalue weighted by atomic mass is 19.1. The molecule has 27 heavy (non-hydrogen) atoms. The molecule has 148 valence electrons. The van der Waals surface area contributed by atoms with Gasteiger partial charge in [-0.3, -0.25) is 4.79 Å². The molecule has 1 aliphatic carbocycles. The number of nitrogens with zero attached hydrogens (tertiary/aromatic N) is 1. The highest BCUT2D eigenvalue weighted by Crippen LogP contribution is 2.49. The van der Waals surface area contributed by atoms with Gasteiger partial charge in [-0.2, -0.15) is 0 Å². The van der Waals surface area contributed by atoms with Gasteiger partial charge in [0.15, 0.2) is 0 Å². The SMILES string of the molecule is O=C(Cc1ccc(OCCC2CC2C2CCNCC2)cc1F)N1CC(F)C1. The number of hydrogen-bond acceptors (Lipinski definition) is 3. The summed E-state index contributed by atoms with van der Waals surface area (Å²) in [4.78, 5) is 13.4. The molecule has 2 atom stereocenters. The first-order chi connectivity index (χ1) is 13.1. The summed E-state index contributed by atoms with van der Waals surface area (Å²) in [6.45, 7) is 3.15. The van der Waals surface area contributed by atoms with Gasteiger partial charge in [0.05, 0.1) is 26.1 Å². The minimum absolute atomic E-state index is 0.0289. The van der Waals surface area contributed by atoms with E-state index in [1.54, 1.807) is 12.1 Å². The lowest BCUT2D eigenvalue weighted by Crippen LogP contribution is -2.52. The van der Waals surface area contributed by atoms with Gasteiger partial charge in [0.1, 0.15) is 17.7 Å².